The van der Waals surface area contributed by atoms with Crippen molar-refractivity contribution in [1.82, 2.24) is 15.5 Å². The molecule has 1 heterocycles. The lowest BCUT2D eigenvalue weighted by atomic mass is 10.1. The highest BCUT2D eigenvalue weighted by atomic mass is 32.2. The second kappa shape index (κ2) is 11.6. The number of thioether (sulfide) groups is 1. The molecule has 1 aliphatic heterocycles. The average Bonchev–Trinajstić information content (AvgIpc) is 3.03. The fourth-order valence-corrected chi connectivity index (χ4v) is 3.57. The minimum absolute atomic E-state index is 0.261. The summed E-state index contributed by atoms with van der Waals surface area (Å²) in [5.41, 5.74) is 1.28. The third-order valence-corrected chi connectivity index (χ3v) is 5.33. The van der Waals surface area contributed by atoms with E-state index in [1.54, 1.807) is 7.05 Å². The van der Waals surface area contributed by atoms with Crippen LogP contribution in [0.25, 0.3) is 0 Å². The molecule has 1 saturated heterocycles. The number of carbonyl (C=O) groups is 1. The molecule has 1 aromatic carbocycles. The van der Waals surface area contributed by atoms with E-state index in [1.165, 1.54) is 5.56 Å². The molecule has 0 radical (unpaired) electrons. The predicted octanol–water partition coefficient (Wildman–Crippen LogP) is 2.16. The van der Waals surface area contributed by atoms with Gasteiger partial charge in [0.2, 0.25) is 5.91 Å². The molecule has 0 aliphatic carbocycles. The normalized spacial score (nSPS) is 17.4. The van der Waals surface area contributed by atoms with Gasteiger partial charge in [-0.25, -0.2) is 0 Å². The molecule has 1 aliphatic rings. The Morgan fingerprint density at radius 1 is 1.38 bits per heavy atom. The zero-order valence-electron chi connectivity index (χ0n) is 15.6. The lowest BCUT2D eigenvalue weighted by Gasteiger charge is -2.18. The van der Waals surface area contributed by atoms with E-state index in [1.807, 2.05) is 40.9 Å². The molecule has 0 aromatic heterocycles. The van der Waals surface area contributed by atoms with Crippen LogP contribution < -0.4 is 10.6 Å². The Morgan fingerprint density at radius 2 is 2.19 bits per heavy atom. The number of amides is 1. The van der Waals surface area contributed by atoms with Crippen molar-refractivity contribution in [1.29, 1.82) is 0 Å². The number of likely N-dealkylation sites (tertiary alicyclic amines) is 1. The third-order valence-electron chi connectivity index (χ3n) is 4.36. The maximum absolute atomic E-state index is 12.2. The first-order chi connectivity index (χ1) is 12.7. The molecule has 0 spiro atoms. The van der Waals surface area contributed by atoms with Gasteiger partial charge in [0.25, 0.3) is 0 Å². The van der Waals surface area contributed by atoms with E-state index < -0.39 is 0 Å². The molecule has 0 saturated carbocycles. The number of carbonyl (C=O) groups excluding carboxylic acids is 1. The van der Waals surface area contributed by atoms with E-state index in [4.69, 9.17) is 0 Å². The van der Waals surface area contributed by atoms with Crippen molar-refractivity contribution in [2.75, 3.05) is 44.7 Å². The summed E-state index contributed by atoms with van der Waals surface area (Å²) in [6, 6.07) is 10.3. The minimum atomic E-state index is 0.261. The number of rotatable bonds is 10. The predicted molar refractivity (Wildman–Crippen MR) is 112 cm³/mol. The first-order valence-corrected chi connectivity index (χ1v) is 10.3. The van der Waals surface area contributed by atoms with Crippen LogP contribution >= 0.6 is 11.8 Å². The van der Waals surface area contributed by atoms with Crippen molar-refractivity contribution in [2.24, 2.45) is 10.9 Å². The second-order valence-electron chi connectivity index (χ2n) is 6.39. The number of benzene rings is 1. The lowest BCUT2D eigenvalue weighted by Crippen LogP contribution is -2.41. The van der Waals surface area contributed by atoms with E-state index in [0.717, 1.165) is 50.1 Å². The van der Waals surface area contributed by atoms with Gasteiger partial charge in [0.05, 0.1) is 0 Å². The number of guanidine groups is 1. The SMILES string of the molecule is C=CCSCCNC(=NC)NCC1CC(=O)N(CCc2ccccc2)C1. The number of hydrogen-bond donors (Lipinski definition) is 2. The smallest absolute Gasteiger partial charge is 0.223 e. The summed E-state index contributed by atoms with van der Waals surface area (Å²) in [6.07, 6.45) is 3.45. The molecule has 6 heteroatoms. The Balaban J connectivity index is 1.66. The van der Waals surface area contributed by atoms with Gasteiger partial charge in [-0.1, -0.05) is 36.4 Å². The first-order valence-electron chi connectivity index (χ1n) is 9.17. The molecule has 1 atom stereocenters. The largest absolute Gasteiger partial charge is 0.356 e. The van der Waals surface area contributed by atoms with E-state index in [2.05, 4.69) is 34.3 Å². The van der Waals surface area contributed by atoms with Gasteiger partial charge >= 0.3 is 0 Å². The lowest BCUT2D eigenvalue weighted by molar-refractivity contribution is -0.127. The maximum atomic E-state index is 12.2. The number of hydrogen-bond acceptors (Lipinski definition) is 3. The summed E-state index contributed by atoms with van der Waals surface area (Å²) in [6.45, 7) is 6.98. The fraction of sp³-hybridized carbons (Fsp3) is 0.500. The summed E-state index contributed by atoms with van der Waals surface area (Å²) in [4.78, 5) is 18.5. The number of aliphatic imine (C=N–C) groups is 1. The van der Waals surface area contributed by atoms with Crippen LogP contribution in [0.3, 0.4) is 0 Å². The highest BCUT2D eigenvalue weighted by molar-refractivity contribution is 7.99. The fourth-order valence-electron chi connectivity index (χ4n) is 2.99. The molecular formula is C20H30N4OS. The van der Waals surface area contributed by atoms with Crippen LogP contribution in [0.5, 0.6) is 0 Å². The summed E-state index contributed by atoms with van der Waals surface area (Å²) < 4.78 is 0. The Kier molecular flexibility index (Phi) is 9.10. The zero-order chi connectivity index (χ0) is 18.6. The molecule has 142 valence electrons. The molecule has 1 aromatic rings. The molecule has 0 bridgehead atoms. The molecule has 5 nitrogen and oxygen atoms in total. The van der Waals surface area contributed by atoms with Crippen molar-refractivity contribution < 1.29 is 4.79 Å². The van der Waals surface area contributed by atoms with Gasteiger partial charge in [-0.3, -0.25) is 9.79 Å². The maximum Gasteiger partial charge on any atom is 0.223 e. The first kappa shape index (κ1) is 20.4. The standard InChI is InChI=1S/C20H30N4OS/c1-3-12-26-13-10-22-20(21-2)23-15-18-14-19(25)24(16-18)11-9-17-7-5-4-6-8-17/h3-8,18H,1,9-16H2,2H3,(H2,21,22,23). The average molecular weight is 375 g/mol. The monoisotopic (exact) mass is 374 g/mol. The molecule has 26 heavy (non-hydrogen) atoms. The Hall–Kier alpha value is -1.95. The van der Waals surface area contributed by atoms with Crippen molar-refractivity contribution in [3.8, 4) is 0 Å². The molecule has 2 N–H and O–H groups in total. The second-order valence-corrected chi connectivity index (χ2v) is 7.54. The van der Waals surface area contributed by atoms with Gasteiger partial charge in [-0.15, -0.1) is 6.58 Å². The van der Waals surface area contributed by atoms with Gasteiger partial charge in [-0.2, -0.15) is 11.8 Å². The summed E-state index contributed by atoms with van der Waals surface area (Å²) >= 11 is 1.84. The van der Waals surface area contributed by atoms with Crippen LogP contribution in [0.15, 0.2) is 48.0 Å². The van der Waals surface area contributed by atoms with Crippen LogP contribution in [-0.2, 0) is 11.2 Å². The van der Waals surface area contributed by atoms with Gasteiger partial charge < -0.3 is 15.5 Å². The molecule has 1 amide bonds. The van der Waals surface area contributed by atoms with Gasteiger partial charge in [0.1, 0.15) is 0 Å². The van der Waals surface area contributed by atoms with Crippen LogP contribution in [0.2, 0.25) is 0 Å². The highest BCUT2D eigenvalue weighted by Crippen LogP contribution is 2.17. The molecule has 1 fully saturated rings. The Bertz CT molecular complexity index is 591. The van der Waals surface area contributed by atoms with Crippen molar-refractivity contribution in [3.05, 3.63) is 48.6 Å². The van der Waals surface area contributed by atoms with Crippen LogP contribution in [-0.4, -0.2) is 61.5 Å². The topological polar surface area (TPSA) is 56.7 Å². The quantitative estimate of drug-likeness (QED) is 0.285. The summed E-state index contributed by atoms with van der Waals surface area (Å²) in [5, 5.41) is 6.65. The summed E-state index contributed by atoms with van der Waals surface area (Å²) in [7, 11) is 1.78. The van der Waals surface area contributed by atoms with Crippen LogP contribution in [0, 0.1) is 5.92 Å². The molecular weight excluding hydrogens is 344 g/mol. The third kappa shape index (κ3) is 7.12. The Labute approximate surface area is 161 Å². The van der Waals surface area contributed by atoms with E-state index >= 15 is 0 Å². The van der Waals surface area contributed by atoms with Gasteiger partial charge in [-0.05, 0) is 12.0 Å². The number of nitrogens with zero attached hydrogens (tertiary/aromatic N) is 2. The van der Waals surface area contributed by atoms with Crippen LogP contribution in [0.4, 0.5) is 0 Å². The molecule has 1 unspecified atom stereocenters. The van der Waals surface area contributed by atoms with E-state index in [9.17, 15) is 4.79 Å². The Morgan fingerprint density at radius 3 is 2.92 bits per heavy atom. The van der Waals surface area contributed by atoms with Crippen molar-refractivity contribution in [2.45, 2.75) is 12.8 Å². The zero-order valence-corrected chi connectivity index (χ0v) is 16.4. The van der Waals surface area contributed by atoms with E-state index in [0.29, 0.717) is 12.3 Å². The van der Waals surface area contributed by atoms with Crippen molar-refractivity contribution >= 4 is 23.6 Å². The van der Waals surface area contributed by atoms with Gasteiger partial charge in [0.15, 0.2) is 5.96 Å². The molecule has 2 rings (SSSR count). The van der Waals surface area contributed by atoms with E-state index in [-0.39, 0.29) is 5.91 Å². The van der Waals surface area contributed by atoms with Gasteiger partial charge in [0, 0.05) is 57.1 Å². The summed E-state index contributed by atoms with van der Waals surface area (Å²) in [5.74, 6) is 3.39. The minimum Gasteiger partial charge on any atom is -0.356 e. The van der Waals surface area contributed by atoms with Crippen LogP contribution in [0.1, 0.15) is 12.0 Å². The highest BCUT2D eigenvalue weighted by Gasteiger charge is 2.29. The number of nitrogens with one attached hydrogen (secondary N) is 2. The van der Waals surface area contributed by atoms with Crippen molar-refractivity contribution in [3.63, 3.8) is 0 Å².